The van der Waals surface area contributed by atoms with E-state index in [1.165, 1.54) is 0 Å². The van der Waals surface area contributed by atoms with Crippen molar-refractivity contribution in [1.29, 1.82) is 0 Å². The zero-order valence-electron chi connectivity index (χ0n) is 9.24. The van der Waals surface area contributed by atoms with Gasteiger partial charge in [-0.3, -0.25) is 0 Å². The maximum Gasteiger partial charge on any atom is 0.340 e. The van der Waals surface area contributed by atoms with Crippen molar-refractivity contribution in [2.24, 2.45) is 0 Å². The maximum absolute atomic E-state index is 11.5. The summed E-state index contributed by atoms with van der Waals surface area (Å²) >= 11 is 0. The Balaban J connectivity index is 0.00000225. The zero-order valence-corrected chi connectivity index (χ0v) is 11.4. The average Bonchev–Trinajstić information content (AvgIpc) is 2.27. The van der Waals surface area contributed by atoms with Gasteiger partial charge in [-0.15, -0.1) is 0 Å². The van der Waals surface area contributed by atoms with E-state index in [1.54, 1.807) is 6.07 Å². The molecule has 0 heterocycles. The van der Waals surface area contributed by atoms with Gasteiger partial charge in [-0.2, -0.15) is 0 Å². The van der Waals surface area contributed by atoms with Gasteiger partial charge in [0, 0.05) is 38.6 Å². The molecule has 1 radical (unpaired) electrons. The van der Waals surface area contributed by atoms with Crippen molar-refractivity contribution in [2.45, 2.75) is 26.2 Å². The van der Waals surface area contributed by atoms with Gasteiger partial charge in [0.25, 0.3) is 0 Å². The number of esters is 1. The van der Waals surface area contributed by atoms with Crippen molar-refractivity contribution >= 4 is 5.97 Å². The van der Waals surface area contributed by atoms with Crippen LogP contribution in [0.15, 0.2) is 30.5 Å². The molecule has 2 nitrogen and oxygen atoms in total. The molecule has 0 unspecified atom stereocenters. The van der Waals surface area contributed by atoms with Crippen molar-refractivity contribution in [3.05, 3.63) is 48.2 Å². The molecule has 0 bridgehead atoms. The second-order valence-corrected chi connectivity index (χ2v) is 3.30. The molecule has 0 atom stereocenters. The quantitative estimate of drug-likeness (QED) is 0.457. The first-order valence-electron chi connectivity index (χ1n) is 5.12. The molecule has 0 aliphatic carbocycles. The predicted octanol–water partition coefficient (Wildman–Crippen LogP) is 3.13. The zero-order chi connectivity index (χ0) is 11.1. The Morgan fingerprint density at radius 2 is 2.12 bits per heavy atom. The Morgan fingerprint density at radius 1 is 1.44 bits per heavy atom. The molecule has 1 rings (SSSR count). The number of carbonyl (C=O) groups is 1. The molecule has 1 aromatic rings. The third kappa shape index (κ3) is 4.70. The van der Waals surface area contributed by atoms with E-state index in [0.717, 1.165) is 31.1 Å². The molecule has 3 heteroatoms. The van der Waals surface area contributed by atoms with E-state index < -0.39 is 0 Å². The van der Waals surface area contributed by atoms with Gasteiger partial charge in [0.15, 0.2) is 0 Å². The molecule has 0 aromatic heterocycles. The van der Waals surface area contributed by atoms with Crippen LogP contribution in [0.1, 0.15) is 35.7 Å². The first kappa shape index (κ1) is 15.7. The van der Waals surface area contributed by atoms with Crippen LogP contribution in [0.4, 0.5) is 0 Å². The minimum Gasteiger partial charge on any atom is -0.476 e. The van der Waals surface area contributed by atoms with Gasteiger partial charge in [-0.25, -0.2) is 4.79 Å². The number of benzene rings is 1. The molecule has 0 fully saturated rings. The second kappa shape index (κ2) is 8.82. The van der Waals surface area contributed by atoms with Crippen LogP contribution in [0.25, 0.3) is 0 Å². The molecule has 0 spiro atoms. The Kier molecular flexibility index (Phi) is 8.66. The van der Waals surface area contributed by atoms with Crippen molar-refractivity contribution in [2.75, 3.05) is 0 Å². The fraction of sp³-hybridized carbons (Fsp3) is 0.308. The van der Waals surface area contributed by atoms with Crippen LogP contribution in [0.2, 0.25) is 0 Å². The molecule has 0 saturated carbocycles. The fourth-order valence-electron chi connectivity index (χ4n) is 1.43. The first-order chi connectivity index (χ1) is 7.29. The number of unbranched alkanes of at least 4 members (excludes halogenated alkanes) is 1. The smallest absolute Gasteiger partial charge is 0.340 e. The standard InChI is InChI=1S/C13H15O2.Tb/c1-3-5-8-11-9-6-7-10-12(11)13(14)15-4-2;/h2,4,6-7,9-10H,3,5,8H2,1H3;/q-1;. The van der Waals surface area contributed by atoms with E-state index in [9.17, 15) is 4.79 Å². The van der Waals surface area contributed by atoms with Crippen LogP contribution < -0.4 is 0 Å². The minimum absolute atomic E-state index is 0. The van der Waals surface area contributed by atoms with Crippen LogP contribution in [0.5, 0.6) is 0 Å². The van der Waals surface area contributed by atoms with E-state index >= 15 is 0 Å². The van der Waals surface area contributed by atoms with Crippen molar-refractivity contribution in [3.63, 3.8) is 0 Å². The van der Waals surface area contributed by atoms with Crippen molar-refractivity contribution in [1.82, 2.24) is 0 Å². The summed E-state index contributed by atoms with van der Waals surface area (Å²) in [6.07, 6.45) is 3.98. The van der Waals surface area contributed by atoms with Gasteiger partial charge in [-0.1, -0.05) is 37.8 Å². The van der Waals surface area contributed by atoms with E-state index in [-0.39, 0.29) is 44.6 Å². The normalized spacial score (nSPS) is 9.06. The van der Waals surface area contributed by atoms with Gasteiger partial charge < -0.3 is 11.3 Å². The summed E-state index contributed by atoms with van der Waals surface area (Å²) < 4.78 is 4.66. The van der Waals surface area contributed by atoms with Crippen molar-refractivity contribution < 1.29 is 48.1 Å². The van der Waals surface area contributed by atoms with Gasteiger partial charge in [-0.05, 0) is 24.5 Å². The van der Waals surface area contributed by atoms with Crippen LogP contribution in [-0.4, -0.2) is 5.97 Å². The Hall–Kier alpha value is -0.284. The summed E-state index contributed by atoms with van der Waals surface area (Å²) in [5.74, 6) is -0.385. The summed E-state index contributed by atoms with van der Waals surface area (Å²) in [6.45, 7) is 7.17. The van der Waals surface area contributed by atoms with Gasteiger partial charge in [0.1, 0.15) is 0 Å². The molecule has 0 N–H and O–H groups in total. The van der Waals surface area contributed by atoms with Gasteiger partial charge >= 0.3 is 5.97 Å². The molecule has 0 aliphatic heterocycles. The summed E-state index contributed by atoms with van der Waals surface area (Å²) in [4.78, 5) is 11.5. The predicted molar refractivity (Wildman–Crippen MR) is 59.3 cm³/mol. The maximum atomic E-state index is 11.5. The molecule has 89 valence electrons. The van der Waals surface area contributed by atoms with E-state index in [1.807, 2.05) is 18.2 Å². The van der Waals surface area contributed by atoms with Gasteiger partial charge in [0.05, 0.1) is 5.56 Å². The molecular weight excluding hydrogens is 347 g/mol. The summed E-state index contributed by atoms with van der Waals surface area (Å²) in [7, 11) is 0. The van der Waals surface area contributed by atoms with E-state index in [0.29, 0.717) is 5.56 Å². The number of aryl methyl sites for hydroxylation is 1. The van der Waals surface area contributed by atoms with Crippen molar-refractivity contribution in [3.8, 4) is 0 Å². The molecule has 1 aromatic carbocycles. The summed E-state index contributed by atoms with van der Waals surface area (Å²) in [5.41, 5.74) is 1.62. The van der Waals surface area contributed by atoms with E-state index in [2.05, 4.69) is 11.7 Å². The second-order valence-electron chi connectivity index (χ2n) is 3.30. The largest absolute Gasteiger partial charge is 0.476 e. The van der Waals surface area contributed by atoms with Crippen LogP contribution >= 0.6 is 0 Å². The van der Waals surface area contributed by atoms with E-state index in [4.69, 9.17) is 6.58 Å². The number of rotatable bonds is 5. The number of hydrogen-bond acceptors (Lipinski definition) is 2. The Bertz CT molecular complexity index is 348. The van der Waals surface area contributed by atoms with Crippen LogP contribution in [0.3, 0.4) is 0 Å². The number of carbonyl (C=O) groups excluding carboxylic acids is 1. The molecule has 0 aliphatic rings. The Morgan fingerprint density at radius 3 is 2.75 bits per heavy atom. The van der Waals surface area contributed by atoms with Crippen LogP contribution in [-0.2, 0) is 11.2 Å². The summed E-state index contributed by atoms with van der Waals surface area (Å²) in [5, 5.41) is 0. The first-order valence-corrected chi connectivity index (χ1v) is 5.12. The monoisotopic (exact) mass is 362 g/mol. The summed E-state index contributed by atoms with van der Waals surface area (Å²) in [6, 6.07) is 7.45. The molecular formula is C13H15O2Tb-. The molecule has 0 saturated heterocycles. The molecule has 0 amide bonds. The average molecular weight is 362 g/mol. The number of ether oxygens (including phenoxy) is 1. The SMILES string of the molecule is [CH-]=COC(=O)c1ccccc1CCCC.[Tb]. The Labute approximate surface area is 128 Å². The van der Waals surface area contributed by atoms with Gasteiger partial charge in [0.2, 0.25) is 0 Å². The fourth-order valence-corrected chi connectivity index (χ4v) is 1.43. The molecule has 16 heavy (non-hydrogen) atoms. The minimum atomic E-state index is -0.385. The third-order valence-electron chi connectivity index (χ3n) is 2.21. The number of hydrogen-bond donors (Lipinski definition) is 0. The van der Waals surface area contributed by atoms with Crippen LogP contribution in [0, 0.1) is 45.2 Å². The topological polar surface area (TPSA) is 26.3 Å². The third-order valence-corrected chi connectivity index (χ3v) is 2.21.